The Bertz CT molecular complexity index is 985. The summed E-state index contributed by atoms with van der Waals surface area (Å²) in [4.78, 5) is 25.4. The molecule has 0 amide bonds. The first kappa shape index (κ1) is 22.0. The van der Waals surface area contributed by atoms with Crippen LogP contribution in [0.1, 0.15) is 52.1 Å². The van der Waals surface area contributed by atoms with Crippen molar-refractivity contribution in [2.75, 3.05) is 0 Å². The van der Waals surface area contributed by atoms with Gasteiger partial charge in [-0.2, -0.15) is 5.26 Å². The van der Waals surface area contributed by atoms with Gasteiger partial charge in [-0.1, -0.05) is 36.5 Å². The van der Waals surface area contributed by atoms with E-state index in [2.05, 4.69) is 6.07 Å². The zero-order chi connectivity index (χ0) is 21.1. The summed E-state index contributed by atoms with van der Waals surface area (Å²) in [5.41, 5.74) is 0.127. The van der Waals surface area contributed by atoms with E-state index in [4.69, 9.17) is 27.9 Å². The molecule has 0 bridgehead atoms. The van der Waals surface area contributed by atoms with Crippen molar-refractivity contribution in [1.82, 2.24) is 4.57 Å². The zero-order valence-corrected chi connectivity index (χ0v) is 17.8. The van der Waals surface area contributed by atoms with Crippen molar-refractivity contribution in [2.45, 2.75) is 52.2 Å². The molecule has 2 aromatic rings. The number of rotatable bonds is 5. The molecule has 0 radical (unpaired) electrons. The minimum Gasteiger partial charge on any atom is -0.458 e. The normalized spacial score (nSPS) is 12.3. The number of halogens is 2. The molecule has 0 saturated heterocycles. The van der Waals surface area contributed by atoms with Crippen LogP contribution in [0.3, 0.4) is 0 Å². The number of pyridine rings is 1. The molecule has 7 heteroatoms. The average molecular weight is 421 g/mol. The fraction of sp³-hybridized carbons (Fsp3) is 0.381. The van der Waals surface area contributed by atoms with Crippen molar-refractivity contribution in [3.8, 4) is 17.2 Å². The van der Waals surface area contributed by atoms with E-state index in [0.717, 1.165) is 0 Å². The minimum atomic E-state index is -0.780. The summed E-state index contributed by atoms with van der Waals surface area (Å²) >= 11 is 12.5. The van der Waals surface area contributed by atoms with Crippen LogP contribution in [-0.2, 0) is 9.53 Å². The van der Waals surface area contributed by atoms with Gasteiger partial charge in [0.15, 0.2) is 0 Å². The van der Waals surface area contributed by atoms with Crippen molar-refractivity contribution >= 4 is 29.2 Å². The molecule has 5 nitrogen and oxygen atoms in total. The SMILES string of the molecule is CCCC(C(=O)OC(C)(C)C)n1cc(Cl)c(-c2cc(Cl)ccc2C#N)cc1=O. The predicted molar refractivity (Wildman–Crippen MR) is 111 cm³/mol. The van der Waals surface area contributed by atoms with E-state index < -0.39 is 23.2 Å². The van der Waals surface area contributed by atoms with Gasteiger partial charge in [-0.25, -0.2) is 4.79 Å². The summed E-state index contributed by atoms with van der Waals surface area (Å²) in [6, 6.07) is 7.36. The van der Waals surface area contributed by atoms with Gasteiger partial charge in [0.2, 0.25) is 0 Å². The van der Waals surface area contributed by atoms with Crippen LogP contribution in [0.2, 0.25) is 10.0 Å². The largest absolute Gasteiger partial charge is 0.458 e. The summed E-state index contributed by atoms with van der Waals surface area (Å²) in [6.45, 7) is 7.24. The molecule has 0 fully saturated rings. The number of hydrogen-bond donors (Lipinski definition) is 0. The lowest BCUT2D eigenvalue weighted by molar-refractivity contribution is -0.159. The van der Waals surface area contributed by atoms with Gasteiger partial charge in [-0.3, -0.25) is 9.36 Å². The lowest BCUT2D eigenvalue weighted by Crippen LogP contribution is -2.34. The molecule has 148 valence electrons. The minimum absolute atomic E-state index is 0.239. The maximum atomic E-state index is 12.8. The van der Waals surface area contributed by atoms with E-state index in [1.54, 1.807) is 39.0 Å². The second-order valence-corrected chi connectivity index (χ2v) is 8.26. The quantitative estimate of drug-likeness (QED) is 0.608. The van der Waals surface area contributed by atoms with Gasteiger partial charge in [0, 0.05) is 28.4 Å². The summed E-state index contributed by atoms with van der Waals surface area (Å²) in [7, 11) is 0. The first-order valence-corrected chi connectivity index (χ1v) is 9.67. The molecule has 2 rings (SSSR count). The molecule has 0 aliphatic rings. The molecule has 0 spiro atoms. The van der Waals surface area contributed by atoms with Crippen LogP contribution in [0.15, 0.2) is 35.3 Å². The van der Waals surface area contributed by atoms with Crippen LogP contribution in [-0.4, -0.2) is 16.1 Å². The highest BCUT2D eigenvalue weighted by atomic mass is 35.5. The van der Waals surface area contributed by atoms with Crippen molar-refractivity contribution in [1.29, 1.82) is 5.26 Å². The zero-order valence-electron chi connectivity index (χ0n) is 16.3. The fourth-order valence-corrected chi connectivity index (χ4v) is 3.26. The first-order valence-electron chi connectivity index (χ1n) is 8.92. The van der Waals surface area contributed by atoms with E-state index in [-0.39, 0.29) is 5.02 Å². The number of nitrogens with zero attached hydrogens (tertiary/aromatic N) is 2. The van der Waals surface area contributed by atoms with E-state index in [1.807, 2.05) is 6.92 Å². The van der Waals surface area contributed by atoms with Crippen molar-refractivity contribution in [2.24, 2.45) is 0 Å². The Labute approximate surface area is 174 Å². The van der Waals surface area contributed by atoms with E-state index in [1.165, 1.54) is 16.8 Å². The highest BCUT2D eigenvalue weighted by Gasteiger charge is 2.27. The molecule has 1 unspecified atom stereocenters. The number of esters is 1. The Balaban J connectivity index is 2.56. The maximum absolute atomic E-state index is 12.8. The van der Waals surface area contributed by atoms with Crippen LogP contribution in [0.25, 0.3) is 11.1 Å². The lowest BCUT2D eigenvalue weighted by Gasteiger charge is -2.25. The summed E-state index contributed by atoms with van der Waals surface area (Å²) in [5, 5.41) is 10.0. The molecule has 0 N–H and O–H groups in total. The Hall–Kier alpha value is -2.29. The van der Waals surface area contributed by atoms with E-state index in [0.29, 0.717) is 34.6 Å². The average Bonchev–Trinajstić information content (AvgIpc) is 2.60. The Kier molecular flexibility index (Phi) is 6.92. The van der Waals surface area contributed by atoms with Gasteiger partial charge in [0.25, 0.3) is 5.56 Å². The van der Waals surface area contributed by atoms with Crippen LogP contribution in [0.5, 0.6) is 0 Å². The van der Waals surface area contributed by atoms with Gasteiger partial charge in [0.05, 0.1) is 16.7 Å². The van der Waals surface area contributed by atoms with Gasteiger partial charge in [-0.15, -0.1) is 0 Å². The molecule has 0 saturated carbocycles. The molecule has 0 aliphatic carbocycles. The van der Waals surface area contributed by atoms with Gasteiger partial charge < -0.3 is 4.74 Å². The molecule has 28 heavy (non-hydrogen) atoms. The summed E-state index contributed by atoms with van der Waals surface area (Å²) in [5.74, 6) is -0.485. The summed E-state index contributed by atoms with van der Waals surface area (Å²) in [6.07, 6.45) is 2.54. The summed E-state index contributed by atoms with van der Waals surface area (Å²) < 4.78 is 6.76. The monoisotopic (exact) mass is 420 g/mol. The number of hydrogen-bond acceptors (Lipinski definition) is 4. The third-order valence-electron chi connectivity index (χ3n) is 4.00. The Morgan fingerprint density at radius 3 is 2.50 bits per heavy atom. The molecule has 1 heterocycles. The van der Waals surface area contributed by atoms with Gasteiger partial charge in [0.1, 0.15) is 11.6 Å². The van der Waals surface area contributed by atoms with Crippen molar-refractivity contribution in [3.05, 3.63) is 56.4 Å². The van der Waals surface area contributed by atoms with Crippen molar-refractivity contribution in [3.63, 3.8) is 0 Å². The highest BCUT2D eigenvalue weighted by molar-refractivity contribution is 6.33. The molecule has 0 aliphatic heterocycles. The molecular formula is C21H22Cl2N2O3. The highest BCUT2D eigenvalue weighted by Crippen LogP contribution is 2.32. The second kappa shape index (κ2) is 8.81. The van der Waals surface area contributed by atoms with Gasteiger partial charge >= 0.3 is 5.97 Å². The van der Waals surface area contributed by atoms with E-state index in [9.17, 15) is 14.9 Å². The maximum Gasteiger partial charge on any atom is 0.329 e. The smallest absolute Gasteiger partial charge is 0.329 e. The Morgan fingerprint density at radius 1 is 1.25 bits per heavy atom. The molecule has 1 aromatic carbocycles. The van der Waals surface area contributed by atoms with Crippen LogP contribution in [0, 0.1) is 11.3 Å². The molecule has 1 atom stereocenters. The Morgan fingerprint density at radius 2 is 1.93 bits per heavy atom. The number of benzene rings is 1. The number of nitriles is 1. The molecular weight excluding hydrogens is 399 g/mol. The lowest BCUT2D eigenvalue weighted by atomic mass is 10.0. The standard InChI is InChI=1S/C21H22Cl2N2O3/c1-5-6-18(20(27)28-21(2,3)4)25-12-17(23)16(10-19(25)26)15-9-14(22)8-7-13(15)11-24/h7-10,12,18H,5-6H2,1-4H3. The molecule has 1 aromatic heterocycles. The van der Waals surface area contributed by atoms with E-state index >= 15 is 0 Å². The van der Waals surface area contributed by atoms with Crippen LogP contribution < -0.4 is 5.56 Å². The van der Waals surface area contributed by atoms with Crippen LogP contribution >= 0.6 is 23.2 Å². The second-order valence-electron chi connectivity index (χ2n) is 7.42. The fourth-order valence-electron chi connectivity index (χ4n) is 2.82. The van der Waals surface area contributed by atoms with Gasteiger partial charge in [-0.05, 0) is 45.4 Å². The number of aromatic nitrogens is 1. The number of carbonyl (C=O) groups excluding carboxylic acids is 1. The first-order chi connectivity index (χ1) is 13.1. The van der Waals surface area contributed by atoms with Crippen molar-refractivity contribution < 1.29 is 9.53 Å². The van der Waals surface area contributed by atoms with Crippen LogP contribution in [0.4, 0.5) is 0 Å². The number of carbonyl (C=O) groups is 1. The predicted octanol–water partition coefficient (Wildman–Crippen LogP) is 5.38. The topological polar surface area (TPSA) is 72.1 Å². The third kappa shape index (κ3) is 5.15. The number of ether oxygens (including phenoxy) is 1. The third-order valence-corrected chi connectivity index (χ3v) is 4.54.